The molecule has 2 aromatic rings. The molecule has 0 bridgehead atoms. The van der Waals surface area contributed by atoms with Crippen LogP contribution in [0.1, 0.15) is 0 Å². The van der Waals surface area contributed by atoms with Crippen LogP contribution in [0, 0.1) is 3.57 Å². The van der Waals surface area contributed by atoms with Gasteiger partial charge in [-0.15, -0.1) is 0 Å². The van der Waals surface area contributed by atoms with Crippen molar-refractivity contribution in [1.82, 2.24) is 14.8 Å². The molecule has 0 aromatic carbocycles. The average Bonchev–Trinajstić information content (AvgIpc) is 2.51. The van der Waals surface area contributed by atoms with Gasteiger partial charge >= 0.3 is 0 Å². The Morgan fingerprint density at radius 1 is 1.36 bits per heavy atom. The molecule has 2 heterocycles. The second-order valence-corrected chi connectivity index (χ2v) is 4.76. The summed E-state index contributed by atoms with van der Waals surface area (Å²) >= 11 is 5.58. The zero-order valence-corrected chi connectivity index (χ0v) is 10.7. The van der Waals surface area contributed by atoms with Gasteiger partial charge in [0, 0.05) is 12.4 Å². The summed E-state index contributed by atoms with van der Waals surface area (Å²) in [5, 5.41) is 4.18. The lowest BCUT2D eigenvalue weighted by Crippen LogP contribution is -2.01. The Bertz CT molecular complexity index is 448. The highest BCUT2D eigenvalue weighted by Crippen LogP contribution is 2.25. The summed E-state index contributed by atoms with van der Waals surface area (Å²) in [6, 6.07) is 0. The summed E-state index contributed by atoms with van der Waals surface area (Å²) in [4.78, 5) is 3.96. The van der Waals surface area contributed by atoms with E-state index in [0.29, 0.717) is 5.69 Å². The highest BCUT2D eigenvalue weighted by molar-refractivity contribution is 14.1. The lowest BCUT2D eigenvalue weighted by Gasteiger charge is -2.06. The highest BCUT2D eigenvalue weighted by atomic mass is 127. The first-order valence-electron chi connectivity index (χ1n) is 3.78. The molecule has 0 aliphatic carbocycles. The fourth-order valence-corrected chi connectivity index (χ4v) is 2.03. The molecular formula is C8H6BrIN4. The fourth-order valence-electron chi connectivity index (χ4n) is 1.11. The second-order valence-electron chi connectivity index (χ2n) is 2.66. The molecule has 0 amide bonds. The van der Waals surface area contributed by atoms with E-state index in [1.54, 1.807) is 23.3 Å². The third-order valence-corrected chi connectivity index (χ3v) is 2.82. The van der Waals surface area contributed by atoms with Crippen molar-refractivity contribution in [2.45, 2.75) is 0 Å². The largest absolute Gasteiger partial charge is 0.396 e. The second kappa shape index (κ2) is 3.85. The summed E-state index contributed by atoms with van der Waals surface area (Å²) in [6.45, 7) is 0. The summed E-state index contributed by atoms with van der Waals surface area (Å²) in [7, 11) is 0. The molecule has 0 radical (unpaired) electrons. The molecule has 0 fully saturated rings. The Hall–Kier alpha value is -0.630. The molecule has 2 aromatic heterocycles. The molecule has 0 aliphatic rings. The number of nitrogens with two attached hydrogens (primary N) is 1. The standard InChI is InChI=1S/C8H6BrIN4/c9-6-2-12-3-7(11)8(6)14-4-5(10)1-13-14/h1-4H,11H2. The molecule has 4 nitrogen and oxygen atoms in total. The number of pyridine rings is 1. The Morgan fingerprint density at radius 2 is 2.14 bits per heavy atom. The van der Waals surface area contributed by atoms with E-state index in [0.717, 1.165) is 13.7 Å². The third-order valence-electron chi connectivity index (χ3n) is 1.68. The molecule has 72 valence electrons. The summed E-state index contributed by atoms with van der Waals surface area (Å²) in [6.07, 6.45) is 6.97. The topological polar surface area (TPSA) is 56.7 Å². The maximum Gasteiger partial charge on any atom is 0.105 e. The molecule has 0 atom stereocenters. The molecular weight excluding hydrogens is 359 g/mol. The normalized spacial score (nSPS) is 10.4. The SMILES string of the molecule is Nc1cncc(Br)c1-n1cc(I)cn1. The van der Waals surface area contributed by atoms with Crippen molar-refractivity contribution in [3.8, 4) is 5.69 Å². The van der Waals surface area contributed by atoms with Gasteiger partial charge in [0.1, 0.15) is 5.69 Å². The van der Waals surface area contributed by atoms with Crippen LogP contribution in [0.2, 0.25) is 0 Å². The van der Waals surface area contributed by atoms with Gasteiger partial charge in [-0.3, -0.25) is 4.98 Å². The minimum absolute atomic E-state index is 0.596. The van der Waals surface area contributed by atoms with Crippen molar-refractivity contribution in [2.75, 3.05) is 5.73 Å². The van der Waals surface area contributed by atoms with E-state index in [9.17, 15) is 0 Å². The van der Waals surface area contributed by atoms with Crippen LogP contribution in [0.25, 0.3) is 5.69 Å². The van der Waals surface area contributed by atoms with E-state index in [1.165, 1.54) is 0 Å². The maximum atomic E-state index is 5.81. The first-order chi connectivity index (χ1) is 6.68. The van der Waals surface area contributed by atoms with Gasteiger partial charge in [0.15, 0.2) is 0 Å². The summed E-state index contributed by atoms with van der Waals surface area (Å²) in [5.74, 6) is 0. The van der Waals surface area contributed by atoms with E-state index >= 15 is 0 Å². The molecule has 2 rings (SSSR count). The van der Waals surface area contributed by atoms with Crippen LogP contribution in [0.15, 0.2) is 29.3 Å². The van der Waals surface area contributed by atoms with Gasteiger partial charge < -0.3 is 5.73 Å². The Kier molecular flexibility index (Phi) is 2.73. The third kappa shape index (κ3) is 1.76. The number of anilines is 1. The Morgan fingerprint density at radius 3 is 2.71 bits per heavy atom. The summed E-state index contributed by atoms with van der Waals surface area (Å²) < 4.78 is 3.62. The predicted molar refractivity (Wildman–Crippen MR) is 66.2 cm³/mol. The van der Waals surface area contributed by atoms with Crippen molar-refractivity contribution in [3.05, 3.63) is 32.8 Å². The van der Waals surface area contributed by atoms with E-state index in [2.05, 4.69) is 48.6 Å². The lowest BCUT2D eigenvalue weighted by molar-refractivity contribution is 0.875. The van der Waals surface area contributed by atoms with Crippen LogP contribution in [0.3, 0.4) is 0 Å². The maximum absolute atomic E-state index is 5.81. The molecule has 0 aliphatic heterocycles. The smallest absolute Gasteiger partial charge is 0.105 e. The Balaban J connectivity index is 2.61. The lowest BCUT2D eigenvalue weighted by atomic mass is 10.3. The molecule has 0 unspecified atom stereocenters. The fraction of sp³-hybridized carbons (Fsp3) is 0. The molecule has 0 saturated carbocycles. The van der Waals surface area contributed by atoms with Gasteiger partial charge in [0.05, 0.1) is 26.1 Å². The van der Waals surface area contributed by atoms with Gasteiger partial charge in [-0.1, -0.05) is 0 Å². The quantitative estimate of drug-likeness (QED) is 0.789. The molecule has 6 heteroatoms. The number of hydrogen-bond acceptors (Lipinski definition) is 3. The zero-order chi connectivity index (χ0) is 10.1. The Labute approximate surface area is 103 Å². The molecule has 0 saturated heterocycles. The number of rotatable bonds is 1. The number of nitrogens with zero attached hydrogens (tertiary/aromatic N) is 3. The van der Waals surface area contributed by atoms with Gasteiger partial charge in [0.25, 0.3) is 0 Å². The van der Waals surface area contributed by atoms with Gasteiger partial charge in [-0.25, -0.2) is 4.68 Å². The molecule has 0 spiro atoms. The number of aromatic nitrogens is 3. The van der Waals surface area contributed by atoms with E-state index in [-0.39, 0.29) is 0 Å². The van der Waals surface area contributed by atoms with Gasteiger partial charge in [-0.05, 0) is 38.5 Å². The van der Waals surface area contributed by atoms with Crippen LogP contribution in [0.4, 0.5) is 5.69 Å². The van der Waals surface area contributed by atoms with E-state index < -0.39 is 0 Å². The van der Waals surface area contributed by atoms with Crippen molar-refractivity contribution in [1.29, 1.82) is 0 Å². The van der Waals surface area contributed by atoms with Crippen LogP contribution in [-0.2, 0) is 0 Å². The highest BCUT2D eigenvalue weighted by Gasteiger charge is 2.07. The van der Waals surface area contributed by atoms with Crippen molar-refractivity contribution < 1.29 is 0 Å². The van der Waals surface area contributed by atoms with Crippen molar-refractivity contribution in [2.24, 2.45) is 0 Å². The minimum Gasteiger partial charge on any atom is -0.396 e. The van der Waals surface area contributed by atoms with Crippen LogP contribution in [0.5, 0.6) is 0 Å². The van der Waals surface area contributed by atoms with Crippen molar-refractivity contribution >= 4 is 44.2 Å². The predicted octanol–water partition coefficient (Wildman–Crippen LogP) is 2.22. The van der Waals surface area contributed by atoms with Crippen LogP contribution in [-0.4, -0.2) is 14.8 Å². The van der Waals surface area contributed by atoms with E-state index in [1.807, 2.05) is 6.20 Å². The summed E-state index contributed by atoms with van der Waals surface area (Å²) in [5.41, 5.74) is 7.23. The van der Waals surface area contributed by atoms with Gasteiger partial charge in [0.2, 0.25) is 0 Å². The monoisotopic (exact) mass is 364 g/mol. The van der Waals surface area contributed by atoms with E-state index in [4.69, 9.17) is 5.73 Å². The number of nitrogen functional groups attached to an aromatic ring is 1. The van der Waals surface area contributed by atoms with Crippen LogP contribution >= 0.6 is 38.5 Å². The number of hydrogen-bond donors (Lipinski definition) is 1. The molecule has 14 heavy (non-hydrogen) atoms. The first kappa shape index (κ1) is 9.91. The first-order valence-corrected chi connectivity index (χ1v) is 5.65. The average molecular weight is 365 g/mol. The number of halogens is 2. The molecule has 2 N–H and O–H groups in total. The minimum atomic E-state index is 0.596. The van der Waals surface area contributed by atoms with Crippen molar-refractivity contribution in [3.63, 3.8) is 0 Å². The van der Waals surface area contributed by atoms with Crippen LogP contribution < -0.4 is 5.73 Å². The van der Waals surface area contributed by atoms with Gasteiger partial charge in [-0.2, -0.15) is 5.10 Å². The zero-order valence-electron chi connectivity index (χ0n) is 6.98.